The van der Waals surface area contributed by atoms with Crippen LogP contribution in [0.5, 0.6) is 0 Å². The molecule has 3 rings (SSSR count). The topological polar surface area (TPSA) is 101 Å². The molecule has 2 aromatic rings. The fraction of sp³-hybridized carbons (Fsp3) is 0.350. The van der Waals surface area contributed by atoms with Crippen LogP contribution in [0.4, 0.5) is 5.69 Å². The van der Waals surface area contributed by atoms with Crippen LogP contribution in [0.3, 0.4) is 0 Å². The molecule has 0 radical (unpaired) electrons. The summed E-state index contributed by atoms with van der Waals surface area (Å²) < 4.78 is 53.4. The number of amides is 1. The van der Waals surface area contributed by atoms with Crippen LogP contribution in [0.25, 0.3) is 0 Å². The highest BCUT2D eigenvalue weighted by molar-refractivity contribution is 7.92. The number of nitrogens with zero attached hydrogens (tertiary/aromatic N) is 1. The Labute approximate surface area is 182 Å². The van der Waals surface area contributed by atoms with Gasteiger partial charge in [-0.15, -0.1) is 0 Å². The Hall–Kier alpha value is -1.94. The second kappa shape index (κ2) is 8.66. The minimum atomic E-state index is -3.90. The summed E-state index contributed by atoms with van der Waals surface area (Å²) in [7, 11) is -7.48. The number of nitrogens with one attached hydrogen (secondary N) is 1. The quantitative estimate of drug-likeness (QED) is 0.739. The molecule has 0 saturated carbocycles. The molecule has 0 spiro atoms. The summed E-state index contributed by atoms with van der Waals surface area (Å²) >= 11 is 6.21. The van der Waals surface area contributed by atoms with Crippen LogP contribution in [0.1, 0.15) is 29.7 Å². The fourth-order valence-corrected chi connectivity index (χ4v) is 7.53. The van der Waals surface area contributed by atoms with Crippen LogP contribution >= 0.6 is 11.6 Å². The Morgan fingerprint density at radius 1 is 1.17 bits per heavy atom. The van der Waals surface area contributed by atoms with Crippen molar-refractivity contribution in [1.82, 2.24) is 4.31 Å². The van der Waals surface area contributed by atoms with Gasteiger partial charge in [0.2, 0.25) is 15.9 Å². The van der Waals surface area contributed by atoms with Crippen LogP contribution in [-0.2, 0) is 24.7 Å². The predicted octanol–water partition coefficient (Wildman–Crippen LogP) is 3.16. The lowest BCUT2D eigenvalue weighted by Gasteiger charge is -2.21. The Kier molecular flexibility index (Phi) is 6.57. The van der Waals surface area contributed by atoms with Crippen molar-refractivity contribution in [3.05, 3.63) is 58.6 Å². The van der Waals surface area contributed by atoms with E-state index < -0.39 is 25.1 Å². The van der Waals surface area contributed by atoms with E-state index in [1.54, 1.807) is 37.3 Å². The monoisotopic (exact) mass is 470 g/mol. The number of rotatable bonds is 4. The van der Waals surface area contributed by atoms with Gasteiger partial charge in [-0.1, -0.05) is 29.8 Å². The van der Waals surface area contributed by atoms with Crippen molar-refractivity contribution in [3.63, 3.8) is 0 Å². The van der Waals surface area contributed by atoms with E-state index in [4.69, 9.17) is 11.6 Å². The zero-order valence-corrected chi connectivity index (χ0v) is 19.0. The lowest BCUT2D eigenvalue weighted by Crippen LogP contribution is -2.34. The van der Waals surface area contributed by atoms with Crippen LogP contribution in [0, 0.1) is 6.92 Å². The van der Waals surface area contributed by atoms with Crippen LogP contribution in [0.15, 0.2) is 47.4 Å². The lowest BCUT2D eigenvalue weighted by molar-refractivity contribution is -0.114. The Bertz CT molecular complexity index is 1180. The van der Waals surface area contributed by atoms with Crippen molar-refractivity contribution in [2.45, 2.75) is 30.4 Å². The first kappa shape index (κ1) is 22.7. The maximum Gasteiger partial charge on any atom is 0.243 e. The van der Waals surface area contributed by atoms with Gasteiger partial charge in [-0.25, -0.2) is 16.8 Å². The highest BCUT2D eigenvalue weighted by Crippen LogP contribution is 2.35. The number of benzene rings is 2. The molecule has 0 bridgehead atoms. The van der Waals surface area contributed by atoms with Crippen molar-refractivity contribution in [3.8, 4) is 0 Å². The standard InChI is InChI=1S/C20H23ClN2O5S2/c1-14-13-16(22-15(2)24)7-8-19(14)30(27,28)23-10-9-20(29(25,26)12-11-23)17-5-3-4-6-18(17)21/h3-8,13,20H,9-12H2,1-2H3,(H,22,24). The maximum absolute atomic E-state index is 13.2. The third-order valence-corrected chi connectivity index (χ3v) is 9.58. The van der Waals surface area contributed by atoms with Gasteiger partial charge >= 0.3 is 0 Å². The van der Waals surface area contributed by atoms with Crippen LogP contribution < -0.4 is 5.32 Å². The zero-order valence-electron chi connectivity index (χ0n) is 16.6. The van der Waals surface area contributed by atoms with Gasteiger partial charge in [0.15, 0.2) is 9.84 Å². The van der Waals surface area contributed by atoms with Gasteiger partial charge in [-0.05, 0) is 48.7 Å². The Morgan fingerprint density at radius 2 is 1.87 bits per heavy atom. The van der Waals surface area contributed by atoms with Gasteiger partial charge in [0.25, 0.3) is 0 Å². The van der Waals surface area contributed by atoms with E-state index in [0.29, 0.717) is 21.8 Å². The van der Waals surface area contributed by atoms with E-state index in [2.05, 4.69) is 5.32 Å². The average molecular weight is 471 g/mol. The fourth-order valence-electron chi connectivity index (χ4n) is 3.61. The normalized spacial score (nSPS) is 19.8. The number of sulfonamides is 1. The molecule has 10 heteroatoms. The second-order valence-electron chi connectivity index (χ2n) is 7.23. The number of carbonyl (C=O) groups excluding carboxylic acids is 1. The number of aryl methyl sites for hydroxylation is 1. The highest BCUT2D eigenvalue weighted by Gasteiger charge is 2.36. The molecule has 7 nitrogen and oxygen atoms in total. The third-order valence-electron chi connectivity index (χ3n) is 5.06. The van der Waals surface area contributed by atoms with Crippen LogP contribution in [0.2, 0.25) is 5.02 Å². The van der Waals surface area contributed by atoms with Gasteiger partial charge < -0.3 is 5.32 Å². The van der Waals surface area contributed by atoms with E-state index in [9.17, 15) is 21.6 Å². The number of anilines is 1. The molecule has 0 aliphatic carbocycles. The predicted molar refractivity (Wildman–Crippen MR) is 117 cm³/mol. The molecule has 1 saturated heterocycles. The number of hydrogen-bond donors (Lipinski definition) is 1. The smallest absolute Gasteiger partial charge is 0.243 e. The zero-order chi connectivity index (χ0) is 22.1. The van der Waals surface area contributed by atoms with Gasteiger partial charge in [0, 0.05) is 30.7 Å². The summed E-state index contributed by atoms with van der Waals surface area (Å²) in [6.45, 7) is 2.94. The van der Waals surface area contributed by atoms with Gasteiger partial charge in [0.05, 0.1) is 15.9 Å². The average Bonchev–Trinajstić information content (AvgIpc) is 2.80. The molecular weight excluding hydrogens is 448 g/mol. The Morgan fingerprint density at radius 3 is 2.50 bits per heavy atom. The molecule has 1 amide bonds. The van der Waals surface area contributed by atoms with Gasteiger partial charge in [-0.3, -0.25) is 4.79 Å². The van der Waals surface area contributed by atoms with Crippen molar-refractivity contribution >= 4 is 43.1 Å². The van der Waals surface area contributed by atoms with Gasteiger partial charge in [0.1, 0.15) is 0 Å². The number of halogens is 1. The Balaban J connectivity index is 1.90. The lowest BCUT2D eigenvalue weighted by atomic mass is 10.1. The SMILES string of the molecule is CC(=O)Nc1ccc(S(=O)(=O)N2CCC(c3ccccc3Cl)S(=O)(=O)CC2)c(C)c1. The molecule has 162 valence electrons. The molecule has 1 heterocycles. The van der Waals surface area contributed by atoms with E-state index in [0.717, 1.165) is 0 Å². The summed E-state index contributed by atoms with van der Waals surface area (Å²) in [6.07, 6.45) is 0.119. The number of sulfone groups is 1. The largest absolute Gasteiger partial charge is 0.326 e. The van der Waals surface area contributed by atoms with Crippen molar-refractivity contribution in [2.24, 2.45) is 0 Å². The maximum atomic E-state index is 13.2. The molecule has 1 aliphatic heterocycles. The molecular formula is C20H23ClN2O5S2. The van der Waals surface area contributed by atoms with Crippen molar-refractivity contribution in [2.75, 3.05) is 24.2 Å². The number of hydrogen-bond acceptors (Lipinski definition) is 5. The molecule has 1 N–H and O–H groups in total. The number of carbonyl (C=O) groups is 1. The van der Waals surface area contributed by atoms with Crippen molar-refractivity contribution in [1.29, 1.82) is 0 Å². The summed E-state index contributed by atoms with van der Waals surface area (Å²) in [5.74, 6) is -0.543. The third kappa shape index (κ3) is 4.69. The van der Waals surface area contributed by atoms with E-state index in [1.807, 2.05) is 0 Å². The first-order valence-corrected chi connectivity index (χ1v) is 12.9. The molecule has 1 atom stereocenters. The summed E-state index contributed by atoms with van der Waals surface area (Å²) in [5, 5.41) is 2.12. The first-order valence-electron chi connectivity index (χ1n) is 9.37. The molecule has 1 unspecified atom stereocenters. The summed E-state index contributed by atoms with van der Waals surface area (Å²) in [4.78, 5) is 11.3. The highest BCUT2D eigenvalue weighted by atomic mass is 35.5. The van der Waals surface area contributed by atoms with E-state index in [1.165, 1.54) is 23.4 Å². The minimum absolute atomic E-state index is 0.0599. The van der Waals surface area contributed by atoms with Crippen molar-refractivity contribution < 1.29 is 21.6 Å². The van der Waals surface area contributed by atoms with E-state index >= 15 is 0 Å². The summed E-state index contributed by atoms with van der Waals surface area (Å²) in [5.41, 5.74) is 1.46. The second-order valence-corrected chi connectivity index (χ2v) is 11.8. The molecule has 2 aromatic carbocycles. The summed E-state index contributed by atoms with van der Waals surface area (Å²) in [6, 6.07) is 11.3. The minimum Gasteiger partial charge on any atom is -0.326 e. The molecule has 1 aliphatic rings. The van der Waals surface area contributed by atoms with E-state index in [-0.39, 0.29) is 36.1 Å². The molecule has 30 heavy (non-hydrogen) atoms. The molecule has 1 fully saturated rings. The molecule has 0 aromatic heterocycles. The first-order chi connectivity index (χ1) is 14.0. The van der Waals surface area contributed by atoms with Gasteiger partial charge in [-0.2, -0.15) is 4.31 Å². The van der Waals surface area contributed by atoms with Crippen LogP contribution in [-0.4, -0.2) is 45.9 Å².